The third-order valence-electron chi connectivity index (χ3n) is 4.00. The summed E-state index contributed by atoms with van der Waals surface area (Å²) in [6.45, 7) is 3.53. The van der Waals surface area contributed by atoms with Crippen LogP contribution in [0, 0.1) is 19.8 Å². The van der Waals surface area contributed by atoms with Gasteiger partial charge in [0.1, 0.15) is 0 Å². The molecule has 6 heteroatoms. The molecule has 1 saturated carbocycles. The van der Waals surface area contributed by atoms with Crippen molar-refractivity contribution in [1.29, 1.82) is 0 Å². The minimum Gasteiger partial charge on any atom is -0.343 e. The maximum absolute atomic E-state index is 12.4. The summed E-state index contributed by atoms with van der Waals surface area (Å²) in [7, 11) is 0. The smallest absolute Gasteiger partial charge is 0.279 e. The zero-order chi connectivity index (χ0) is 15.7. The van der Waals surface area contributed by atoms with Gasteiger partial charge in [-0.15, -0.1) is 0 Å². The summed E-state index contributed by atoms with van der Waals surface area (Å²) < 4.78 is 0. The van der Waals surface area contributed by atoms with Crippen molar-refractivity contribution in [2.45, 2.75) is 32.7 Å². The van der Waals surface area contributed by atoms with Crippen LogP contribution in [0.3, 0.4) is 0 Å². The summed E-state index contributed by atoms with van der Waals surface area (Å²) in [4.78, 5) is 35.2. The number of H-pyrrole nitrogens is 1. The van der Waals surface area contributed by atoms with Crippen molar-refractivity contribution < 1.29 is 4.79 Å². The molecular formula is C16H18N4O2. The molecule has 0 saturated heterocycles. The number of rotatable bonds is 4. The highest BCUT2D eigenvalue weighted by Gasteiger charge is 2.34. The Balaban J connectivity index is 1.86. The largest absolute Gasteiger partial charge is 0.343 e. The van der Waals surface area contributed by atoms with Crippen molar-refractivity contribution in [2.75, 3.05) is 0 Å². The van der Waals surface area contributed by atoms with Gasteiger partial charge >= 0.3 is 0 Å². The van der Waals surface area contributed by atoms with Gasteiger partial charge in [0.25, 0.3) is 11.5 Å². The molecule has 0 radical (unpaired) electrons. The predicted molar refractivity (Wildman–Crippen MR) is 81.5 cm³/mol. The van der Waals surface area contributed by atoms with E-state index in [2.05, 4.69) is 20.3 Å². The Labute approximate surface area is 128 Å². The normalized spacial score (nSPS) is 15.4. The van der Waals surface area contributed by atoms with Crippen LogP contribution in [0.25, 0.3) is 0 Å². The van der Waals surface area contributed by atoms with E-state index in [0.717, 1.165) is 18.4 Å². The third kappa shape index (κ3) is 2.90. The highest BCUT2D eigenvalue weighted by molar-refractivity contribution is 5.92. The Morgan fingerprint density at radius 3 is 2.64 bits per heavy atom. The van der Waals surface area contributed by atoms with Crippen LogP contribution in [-0.4, -0.2) is 20.9 Å². The van der Waals surface area contributed by atoms with E-state index in [1.807, 2.05) is 12.1 Å². The quantitative estimate of drug-likeness (QED) is 0.898. The summed E-state index contributed by atoms with van der Waals surface area (Å²) in [5.41, 5.74) is 1.80. The molecule has 2 heterocycles. The summed E-state index contributed by atoms with van der Waals surface area (Å²) in [6.07, 6.45) is 5.56. The first kappa shape index (κ1) is 14.4. The van der Waals surface area contributed by atoms with Gasteiger partial charge in [0, 0.05) is 18.1 Å². The molecule has 0 aliphatic heterocycles. The number of amides is 1. The number of carbonyl (C=O) groups is 1. The van der Waals surface area contributed by atoms with E-state index in [0.29, 0.717) is 17.3 Å². The van der Waals surface area contributed by atoms with Crippen LogP contribution in [0.1, 0.15) is 46.3 Å². The molecule has 1 amide bonds. The monoisotopic (exact) mass is 298 g/mol. The molecule has 1 fully saturated rings. The average Bonchev–Trinajstić information content (AvgIpc) is 3.34. The lowest BCUT2D eigenvalue weighted by molar-refractivity contribution is 0.0924. The lowest BCUT2D eigenvalue weighted by Crippen LogP contribution is -2.35. The van der Waals surface area contributed by atoms with Crippen LogP contribution < -0.4 is 10.9 Å². The molecule has 1 aliphatic carbocycles. The number of nitrogens with one attached hydrogen (secondary N) is 2. The molecule has 22 heavy (non-hydrogen) atoms. The molecule has 114 valence electrons. The van der Waals surface area contributed by atoms with Crippen LogP contribution >= 0.6 is 0 Å². The van der Waals surface area contributed by atoms with Gasteiger partial charge in [-0.1, -0.05) is 0 Å². The molecule has 2 aromatic heterocycles. The minimum atomic E-state index is -0.454. The van der Waals surface area contributed by atoms with E-state index in [9.17, 15) is 9.59 Å². The second-order valence-corrected chi connectivity index (χ2v) is 5.69. The Morgan fingerprint density at radius 1 is 1.32 bits per heavy atom. The van der Waals surface area contributed by atoms with Crippen molar-refractivity contribution in [3.63, 3.8) is 0 Å². The molecule has 0 spiro atoms. The standard InChI is InChI=1S/C16H18N4O2/c1-9-10(2)19-15(21)14(18-9)16(22)20-13(11-3-4-11)12-5-7-17-8-6-12/h5-8,11,13H,3-4H2,1-2H3,(H,19,21)(H,20,22). The summed E-state index contributed by atoms with van der Waals surface area (Å²) in [5, 5.41) is 2.95. The SMILES string of the molecule is Cc1nc(C(=O)NC(c2ccncc2)C2CC2)c(=O)[nH]c1C. The van der Waals surface area contributed by atoms with Gasteiger partial charge in [0.2, 0.25) is 0 Å². The van der Waals surface area contributed by atoms with Gasteiger partial charge in [-0.25, -0.2) is 4.98 Å². The minimum absolute atomic E-state index is 0.0807. The fourth-order valence-electron chi connectivity index (χ4n) is 2.46. The Hall–Kier alpha value is -2.50. The van der Waals surface area contributed by atoms with E-state index in [1.54, 1.807) is 26.2 Å². The van der Waals surface area contributed by atoms with Crippen LogP contribution in [-0.2, 0) is 0 Å². The maximum Gasteiger partial charge on any atom is 0.279 e. The first-order valence-electron chi connectivity index (χ1n) is 7.34. The van der Waals surface area contributed by atoms with E-state index >= 15 is 0 Å². The van der Waals surface area contributed by atoms with Gasteiger partial charge in [0.15, 0.2) is 5.69 Å². The van der Waals surface area contributed by atoms with Crippen LogP contribution in [0.2, 0.25) is 0 Å². The second-order valence-electron chi connectivity index (χ2n) is 5.69. The summed E-state index contributed by atoms with van der Waals surface area (Å²) in [6, 6.07) is 3.68. The number of aromatic nitrogens is 3. The van der Waals surface area contributed by atoms with Gasteiger partial charge in [-0.3, -0.25) is 14.6 Å². The Bertz CT molecular complexity index is 750. The van der Waals surface area contributed by atoms with Crippen molar-refractivity contribution in [2.24, 2.45) is 5.92 Å². The lowest BCUT2D eigenvalue weighted by atomic mass is 10.0. The van der Waals surface area contributed by atoms with E-state index in [-0.39, 0.29) is 11.7 Å². The van der Waals surface area contributed by atoms with Gasteiger partial charge < -0.3 is 10.3 Å². The molecule has 1 unspecified atom stereocenters. The van der Waals surface area contributed by atoms with Crippen molar-refractivity contribution in [1.82, 2.24) is 20.3 Å². The molecule has 2 aromatic rings. The average molecular weight is 298 g/mol. The number of aryl methyl sites for hydroxylation is 2. The second kappa shape index (κ2) is 5.71. The zero-order valence-corrected chi connectivity index (χ0v) is 12.6. The molecule has 6 nitrogen and oxygen atoms in total. The molecule has 1 aliphatic rings. The van der Waals surface area contributed by atoms with Crippen molar-refractivity contribution in [3.05, 3.63) is 57.5 Å². The predicted octanol–water partition coefficient (Wildman–Crippen LogP) is 1.66. The van der Waals surface area contributed by atoms with Crippen LogP contribution in [0.15, 0.2) is 29.3 Å². The zero-order valence-electron chi connectivity index (χ0n) is 12.6. The van der Waals surface area contributed by atoms with E-state index in [4.69, 9.17) is 0 Å². The third-order valence-corrected chi connectivity index (χ3v) is 4.00. The number of hydrogen-bond donors (Lipinski definition) is 2. The van der Waals surface area contributed by atoms with E-state index in [1.165, 1.54) is 0 Å². The molecule has 0 bridgehead atoms. The highest BCUT2D eigenvalue weighted by Crippen LogP contribution is 2.40. The highest BCUT2D eigenvalue weighted by atomic mass is 16.2. The van der Waals surface area contributed by atoms with Gasteiger partial charge in [-0.05, 0) is 50.3 Å². The fraction of sp³-hybridized carbons (Fsp3) is 0.375. The lowest BCUT2D eigenvalue weighted by Gasteiger charge is -2.18. The van der Waals surface area contributed by atoms with Gasteiger partial charge in [-0.2, -0.15) is 0 Å². The molecule has 3 rings (SSSR count). The molecular weight excluding hydrogens is 280 g/mol. The maximum atomic E-state index is 12.4. The van der Waals surface area contributed by atoms with Crippen LogP contribution in [0.4, 0.5) is 0 Å². The first-order valence-corrected chi connectivity index (χ1v) is 7.34. The Morgan fingerprint density at radius 2 is 2.00 bits per heavy atom. The first-order chi connectivity index (χ1) is 10.6. The van der Waals surface area contributed by atoms with Gasteiger partial charge in [0.05, 0.1) is 11.7 Å². The number of pyridine rings is 1. The number of nitrogens with zero attached hydrogens (tertiary/aromatic N) is 2. The van der Waals surface area contributed by atoms with Crippen molar-refractivity contribution in [3.8, 4) is 0 Å². The topological polar surface area (TPSA) is 87.7 Å². The number of hydrogen-bond acceptors (Lipinski definition) is 4. The van der Waals surface area contributed by atoms with E-state index < -0.39 is 11.5 Å². The Kier molecular flexibility index (Phi) is 3.75. The summed E-state index contributed by atoms with van der Waals surface area (Å²) in [5.74, 6) is -0.0185. The number of carbonyl (C=O) groups excluding carboxylic acids is 1. The number of aromatic amines is 1. The van der Waals surface area contributed by atoms with Crippen molar-refractivity contribution >= 4 is 5.91 Å². The molecule has 2 N–H and O–H groups in total. The fourth-order valence-corrected chi connectivity index (χ4v) is 2.46. The van der Waals surface area contributed by atoms with Crippen LogP contribution in [0.5, 0.6) is 0 Å². The molecule has 0 aromatic carbocycles. The summed E-state index contributed by atoms with van der Waals surface area (Å²) >= 11 is 0. The molecule has 1 atom stereocenters.